The zero-order valence-electron chi connectivity index (χ0n) is 6.84. The molecule has 0 bridgehead atoms. The molecule has 1 aromatic heterocycles. The quantitative estimate of drug-likeness (QED) is 0.553. The van der Waals surface area contributed by atoms with Crippen molar-refractivity contribution in [2.45, 2.75) is 0 Å². The summed E-state index contributed by atoms with van der Waals surface area (Å²) in [6.07, 6.45) is 3.30. The Morgan fingerprint density at radius 2 is 2.62 bits per heavy atom. The van der Waals surface area contributed by atoms with Crippen molar-refractivity contribution in [3.05, 3.63) is 24.2 Å². The number of hydrazone groups is 1. The summed E-state index contributed by atoms with van der Waals surface area (Å²) in [7, 11) is 0. The first-order valence-corrected chi connectivity index (χ1v) is 5.27. The van der Waals surface area contributed by atoms with E-state index >= 15 is 0 Å². The zero-order valence-corrected chi connectivity index (χ0v) is 8.48. The number of hydrogen-bond donors (Lipinski definition) is 0. The van der Waals surface area contributed by atoms with Gasteiger partial charge in [-0.2, -0.15) is 5.10 Å². The molecule has 0 atom stereocenters. The minimum atomic E-state index is 0.750. The molecule has 0 aliphatic carbocycles. The lowest BCUT2D eigenvalue weighted by atomic mass is 10.5. The number of rotatable bonds is 2. The van der Waals surface area contributed by atoms with Gasteiger partial charge in [-0.1, -0.05) is 24.0 Å². The Morgan fingerprint density at radius 1 is 1.69 bits per heavy atom. The first-order chi connectivity index (χ1) is 6.36. The molecule has 1 aliphatic rings. The highest BCUT2D eigenvalue weighted by atomic mass is 32.2. The van der Waals surface area contributed by atoms with Crippen LogP contribution in [0.25, 0.3) is 0 Å². The second-order valence-electron chi connectivity index (χ2n) is 2.50. The van der Waals surface area contributed by atoms with Crippen molar-refractivity contribution < 1.29 is 4.42 Å². The Morgan fingerprint density at radius 3 is 3.23 bits per heavy atom. The summed E-state index contributed by atoms with van der Waals surface area (Å²) in [5, 5.41) is 6.01. The first-order valence-electron chi connectivity index (χ1n) is 3.88. The molecule has 1 saturated heterocycles. The molecule has 0 N–H and O–H groups in total. The summed E-state index contributed by atoms with van der Waals surface area (Å²) < 4.78 is 5.94. The Kier molecular flexibility index (Phi) is 2.65. The van der Waals surface area contributed by atoms with Crippen molar-refractivity contribution in [2.75, 3.05) is 12.3 Å². The van der Waals surface area contributed by atoms with Crippen LogP contribution in [0.4, 0.5) is 0 Å². The summed E-state index contributed by atoms with van der Waals surface area (Å²) in [6.45, 7) is 0.890. The largest absolute Gasteiger partial charge is 0.463 e. The van der Waals surface area contributed by atoms with Gasteiger partial charge in [0.1, 0.15) is 5.76 Å². The lowest BCUT2D eigenvalue weighted by Crippen LogP contribution is -2.15. The molecule has 3 nitrogen and oxygen atoms in total. The monoisotopic (exact) mass is 212 g/mol. The molecular formula is C8H8N2OS2. The van der Waals surface area contributed by atoms with Crippen LogP contribution in [-0.4, -0.2) is 27.8 Å². The van der Waals surface area contributed by atoms with E-state index in [1.807, 2.05) is 17.1 Å². The van der Waals surface area contributed by atoms with Gasteiger partial charge in [-0.05, 0) is 12.1 Å². The fourth-order valence-corrected chi connectivity index (χ4v) is 2.10. The van der Waals surface area contributed by atoms with Gasteiger partial charge in [0.05, 0.1) is 19.0 Å². The van der Waals surface area contributed by atoms with Crippen molar-refractivity contribution in [1.82, 2.24) is 5.01 Å². The van der Waals surface area contributed by atoms with Gasteiger partial charge in [0, 0.05) is 5.75 Å². The molecule has 5 heteroatoms. The predicted molar refractivity (Wildman–Crippen MR) is 58.1 cm³/mol. The highest BCUT2D eigenvalue weighted by molar-refractivity contribution is 8.23. The van der Waals surface area contributed by atoms with Crippen molar-refractivity contribution in [3.8, 4) is 0 Å². The molecule has 1 aromatic rings. The maximum absolute atomic E-state index is 5.10. The zero-order chi connectivity index (χ0) is 9.10. The molecule has 1 fully saturated rings. The first kappa shape index (κ1) is 8.77. The summed E-state index contributed by atoms with van der Waals surface area (Å²) in [5.74, 6) is 1.77. The van der Waals surface area contributed by atoms with Gasteiger partial charge in [0.2, 0.25) is 0 Å². The summed E-state index contributed by atoms with van der Waals surface area (Å²) >= 11 is 6.74. The highest BCUT2D eigenvalue weighted by Gasteiger charge is 2.15. The Balaban J connectivity index is 2.01. The molecule has 2 rings (SSSR count). The van der Waals surface area contributed by atoms with Crippen LogP contribution in [0.3, 0.4) is 0 Å². The van der Waals surface area contributed by atoms with Crippen LogP contribution in [0.2, 0.25) is 0 Å². The number of furan rings is 1. The molecule has 2 heterocycles. The third kappa shape index (κ3) is 2.10. The van der Waals surface area contributed by atoms with Crippen molar-refractivity contribution in [1.29, 1.82) is 0 Å². The van der Waals surface area contributed by atoms with E-state index in [4.69, 9.17) is 16.6 Å². The molecule has 0 radical (unpaired) electrons. The van der Waals surface area contributed by atoms with Crippen molar-refractivity contribution in [2.24, 2.45) is 5.10 Å². The molecule has 0 amide bonds. The van der Waals surface area contributed by atoms with Crippen LogP contribution in [0, 0.1) is 0 Å². The number of nitrogens with zero attached hydrogens (tertiary/aromatic N) is 2. The normalized spacial score (nSPS) is 17.5. The summed E-state index contributed by atoms with van der Waals surface area (Å²) in [5.41, 5.74) is 0. The third-order valence-electron chi connectivity index (χ3n) is 1.61. The van der Waals surface area contributed by atoms with Crippen LogP contribution in [0.15, 0.2) is 27.9 Å². The minimum Gasteiger partial charge on any atom is -0.463 e. The third-order valence-corrected chi connectivity index (χ3v) is 3.02. The van der Waals surface area contributed by atoms with E-state index in [9.17, 15) is 0 Å². The van der Waals surface area contributed by atoms with Gasteiger partial charge >= 0.3 is 0 Å². The van der Waals surface area contributed by atoms with Gasteiger partial charge in [0.25, 0.3) is 0 Å². The highest BCUT2D eigenvalue weighted by Crippen LogP contribution is 2.17. The van der Waals surface area contributed by atoms with E-state index in [0.717, 1.165) is 22.4 Å². The van der Waals surface area contributed by atoms with E-state index in [0.29, 0.717) is 0 Å². The lowest BCUT2D eigenvalue weighted by Gasteiger charge is -2.07. The second-order valence-corrected chi connectivity index (χ2v) is 4.23. The minimum absolute atomic E-state index is 0.750. The molecule has 0 aromatic carbocycles. The van der Waals surface area contributed by atoms with E-state index in [1.54, 1.807) is 24.2 Å². The van der Waals surface area contributed by atoms with E-state index in [1.165, 1.54) is 0 Å². The van der Waals surface area contributed by atoms with Crippen LogP contribution >= 0.6 is 24.0 Å². The number of thioether (sulfide) groups is 1. The lowest BCUT2D eigenvalue weighted by molar-refractivity contribution is 0.499. The molecule has 0 saturated carbocycles. The fourth-order valence-electron chi connectivity index (χ4n) is 0.981. The smallest absolute Gasteiger partial charge is 0.156 e. The molecule has 1 aliphatic heterocycles. The van der Waals surface area contributed by atoms with E-state index < -0.39 is 0 Å². The molecule has 0 unspecified atom stereocenters. The van der Waals surface area contributed by atoms with Crippen LogP contribution in [-0.2, 0) is 0 Å². The maximum atomic E-state index is 5.10. The van der Waals surface area contributed by atoms with Crippen LogP contribution in [0.1, 0.15) is 5.76 Å². The maximum Gasteiger partial charge on any atom is 0.156 e. The molecule has 68 valence electrons. The van der Waals surface area contributed by atoms with Gasteiger partial charge in [-0.25, -0.2) is 5.01 Å². The average Bonchev–Trinajstić information content (AvgIpc) is 2.72. The Labute approximate surface area is 85.8 Å². The Hall–Kier alpha value is -0.810. The predicted octanol–water partition coefficient (Wildman–Crippen LogP) is 1.95. The van der Waals surface area contributed by atoms with Crippen LogP contribution in [0.5, 0.6) is 0 Å². The van der Waals surface area contributed by atoms with Crippen molar-refractivity contribution in [3.63, 3.8) is 0 Å². The average molecular weight is 212 g/mol. The standard InChI is InChI=1S/C8H8N2OS2/c12-8-10(3-5-13-8)9-6-7-2-1-4-11-7/h1-2,4,6H,3,5H2. The van der Waals surface area contributed by atoms with Crippen LogP contribution < -0.4 is 0 Å². The SMILES string of the molecule is S=C1SCCN1N=Cc1ccco1. The second kappa shape index (κ2) is 3.93. The topological polar surface area (TPSA) is 28.7 Å². The number of thiocarbonyl (C=S) groups is 1. The number of hydrogen-bond acceptors (Lipinski definition) is 4. The van der Waals surface area contributed by atoms with E-state index in [-0.39, 0.29) is 0 Å². The summed E-state index contributed by atoms with van der Waals surface area (Å²) in [6, 6.07) is 3.69. The van der Waals surface area contributed by atoms with Gasteiger partial charge in [-0.3, -0.25) is 0 Å². The summed E-state index contributed by atoms with van der Waals surface area (Å²) in [4.78, 5) is 0. The fraction of sp³-hybridized carbons (Fsp3) is 0.250. The van der Waals surface area contributed by atoms with Gasteiger partial charge in [-0.15, -0.1) is 0 Å². The molecule has 13 heavy (non-hydrogen) atoms. The Bertz CT molecular complexity index is 321. The van der Waals surface area contributed by atoms with Gasteiger partial charge in [0.15, 0.2) is 4.32 Å². The molecular weight excluding hydrogens is 204 g/mol. The van der Waals surface area contributed by atoms with E-state index in [2.05, 4.69) is 5.10 Å². The molecule has 0 spiro atoms. The van der Waals surface area contributed by atoms with Gasteiger partial charge < -0.3 is 4.42 Å². The van der Waals surface area contributed by atoms with Crippen molar-refractivity contribution >= 4 is 34.5 Å².